The Morgan fingerprint density at radius 2 is 0.421 bits per heavy atom. The molecule has 8 aromatic rings. The van der Waals surface area contributed by atoms with E-state index >= 15 is 0 Å². The maximum atomic E-state index is 6.15. The minimum atomic E-state index is -0.446. The van der Waals surface area contributed by atoms with Crippen LogP contribution >= 0.6 is 35.2 Å². The molecule has 0 aliphatic rings. The summed E-state index contributed by atoms with van der Waals surface area (Å²) >= 11 is -0.346. The van der Waals surface area contributed by atoms with Crippen molar-refractivity contribution < 1.29 is 15.1 Å². The van der Waals surface area contributed by atoms with Gasteiger partial charge < -0.3 is 11.5 Å². The molecule has 0 amide bonds. The standard InChI is InChI=1S/2C18H15P.C14H16N2.2ClH.Ru/c2*1-4-10-16(11-5-1)19(17-12-6-2-7-13-17)18-14-8-3-9-15-18;15-13(11-7-3-1-4-8-11)14(16)12-9-5-2-6-10-12;;;/h2*1-15H;1-10,13-14H,15-16H2;2*1H;/q;;;;;+2/p-2/t;;13-,14-;;;/m..0.../s1. The Morgan fingerprint density at radius 1 is 0.281 bits per heavy atom. The zero-order chi connectivity index (χ0) is 39.9. The molecule has 2 atom stereocenters. The number of hydrogen-bond donors (Lipinski definition) is 2. The summed E-state index contributed by atoms with van der Waals surface area (Å²) in [5.41, 5.74) is 14.4. The predicted molar refractivity (Wildman–Crippen MR) is 249 cm³/mol. The van der Waals surface area contributed by atoms with Crippen molar-refractivity contribution in [2.75, 3.05) is 0 Å². The van der Waals surface area contributed by atoms with Crippen LogP contribution in [0.2, 0.25) is 0 Å². The van der Waals surface area contributed by atoms with E-state index in [1.165, 1.54) is 31.8 Å². The molecule has 7 heteroatoms. The Hall–Kier alpha value is -4.26. The van der Waals surface area contributed by atoms with Gasteiger partial charge >= 0.3 is 34.5 Å². The first-order valence-corrected chi connectivity index (χ1v) is 25.6. The van der Waals surface area contributed by atoms with Gasteiger partial charge in [0.25, 0.3) is 0 Å². The molecular weight excluding hydrogens is 862 g/mol. The number of nitrogens with two attached hydrogens (primary N) is 2. The van der Waals surface area contributed by atoms with Crippen LogP contribution in [-0.4, -0.2) is 0 Å². The topological polar surface area (TPSA) is 52.0 Å². The molecule has 0 fully saturated rings. The fraction of sp³-hybridized carbons (Fsp3) is 0.0400. The van der Waals surface area contributed by atoms with Gasteiger partial charge in [-0.15, -0.1) is 0 Å². The van der Waals surface area contributed by atoms with Crippen LogP contribution in [0.3, 0.4) is 0 Å². The van der Waals surface area contributed by atoms with Crippen LogP contribution in [0.4, 0.5) is 0 Å². The van der Waals surface area contributed by atoms with E-state index in [1.807, 2.05) is 60.7 Å². The first kappa shape index (κ1) is 43.9. The van der Waals surface area contributed by atoms with Crippen molar-refractivity contribution in [3.63, 3.8) is 0 Å². The molecule has 0 heterocycles. The Balaban J connectivity index is 0.000000158. The maximum Gasteiger partial charge on any atom is -0.0134 e. The monoisotopic (exact) mass is 908 g/mol. The second-order valence-electron chi connectivity index (χ2n) is 12.6. The summed E-state index contributed by atoms with van der Waals surface area (Å²) in [6, 6.07) is 84.2. The molecule has 8 rings (SSSR count). The first-order chi connectivity index (χ1) is 28.1. The van der Waals surface area contributed by atoms with Crippen LogP contribution in [0.25, 0.3) is 0 Å². The summed E-state index contributed by atoms with van der Waals surface area (Å²) in [7, 11) is 8.82. The number of rotatable bonds is 9. The SMILES string of the molecule is N[C@@H](c1ccccc1)[C@@H](N)c1ccccc1.[Cl][Ru][Cl].c1ccc(P(c2ccccc2)c2ccccc2)cc1.c1ccc(P(c2ccccc2)c2ccccc2)cc1. The molecule has 0 saturated carbocycles. The molecule has 4 N–H and O–H groups in total. The zero-order valence-electron chi connectivity index (χ0n) is 31.4. The van der Waals surface area contributed by atoms with Gasteiger partial charge in [-0.2, -0.15) is 0 Å². The third kappa shape index (κ3) is 14.0. The van der Waals surface area contributed by atoms with Crippen molar-refractivity contribution >= 4 is 67.1 Å². The summed E-state index contributed by atoms with van der Waals surface area (Å²) < 4.78 is 0. The number of halogens is 2. The van der Waals surface area contributed by atoms with Crippen LogP contribution < -0.4 is 43.3 Å². The molecule has 2 nitrogen and oxygen atoms in total. The van der Waals surface area contributed by atoms with E-state index in [2.05, 4.69) is 182 Å². The van der Waals surface area contributed by atoms with Gasteiger partial charge in [0.15, 0.2) is 0 Å². The van der Waals surface area contributed by atoms with Crippen LogP contribution in [0.5, 0.6) is 0 Å². The first-order valence-electron chi connectivity index (χ1n) is 18.5. The summed E-state index contributed by atoms with van der Waals surface area (Å²) in [5.74, 6) is 0. The molecule has 0 aliphatic heterocycles. The van der Waals surface area contributed by atoms with Crippen molar-refractivity contribution in [3.8, 4) is 0 Å². The second kappa shape index (κ2) is 25.2. The third-order valence-corrected chi connectivity index (χ3v) is 13.7. The normalized spacial score (nSPS) is 11.5. The van der Waals surface area contributed by atoms with Gasteiger partial charge in [0.2, 0.25) is 0 Å². The largest absolute Gasteiger partial charge is 0.0622 e. The summed E-state index contributed by atoms with van der Waals surface area (Å²) in [5, 5.41) is 8.39. The van der Waals surface area contributed by atoms with E-state index in [1.54, 1.807) is 0 Å². The van der Waals surface area contributed by atoms with Crippen LogP contribution in [0.15, 0.2) is 243 Å². The third-order valence-electron chi connectivity index (χ3n) is 8.84. The molecule has 0 aliphatic carbocycles. The smallest absolute Gasteiger partial charge is 0.0134 e. The molecule has 0 spiro atoms. The molecular formula is C50H46Cl2N2P2Ru. The van der Waals surface area contributed by atoms with Gasteiger partial charge in [-0.3, -0.25) is 0 Å². The second-order valence-corrected chi connectivity index (χ2v) is 19.7. The van der Waals surface area contributed by atoms with Gasteiger partial charge in [-0.25, -0.2) is 0 Å². The molecule has 57 heavy (non-hydrogen) atoms. The molecule has 0 unspecified atom stereocenters. The van der Waals surface area contributed by atoms with Crippen molar-refractivity contribution in [1.82, 2.24) is 0 Å². The molecule has 0 aromatic heterocycles. The van der Waals surface area contributed by atoms with Crippen LogP contribution in [0.1, 0.15) is 23.2 Å². The number of hydrogen-bond acceptors (Lipinski definition) is 2. The molecule has 288 valence electrons. The molecule has 0 saturated heterocycles. The minimum Gasteiger partial charge on any atom is -0.0622 e. The number of benzene rings is 8. The van der Waals surface area contributed by atoms with E-state index < -0.39 is 15.8 Å². The Bertz CT molecular complexity index is 1860. The van der Waals surface area contributed by atoms with Crippen molar-refractivity contribution in [1.29, 1.82) is 0 Å². The fourth-order valence-electron chi connectivity index (χ4n) is 6.12. The van der Waals surface area contributed by atoms with Gasteiger partial charge in [-0.05, 0) is 58.8 Å². The van der Waals surface area contributed by atoms with E-state index in [-0.39, 0.29) is 27.2 Å². The Morgan fingerprint density at radius 3 is 0.579 bits per heavy atom. The average molecular weight is 909 g/mol. The zero-order valence-corrected chi connectivity index (χ0v) is 36.4. The predicted octanol–water partition coefficient (Wildman–Crippen LogP) is 10.7. The van der Waals surface area contributed by atoms with Gasteiger partial charge in [-0.1, -0.05) is 243 Å². The molecule has 0 bridgehead atoms. The molecule has 0 radical (unpaired) electrons. The summed E-state index contributed by atoms with van der Waals surface area (Å²) in [6.07, 6.45) is 0. The average Bonchev–Trinajstić information content (AvgIpc) is 3.30. The Labute approximate surface area is 357 Å². The van der Waals surface area contributed by atoms with Gasteiger partial charge in [0.05, 0.1) is 0 Å². The van der Waals surface area contributed by atoms with E-state index in [4.69, 9.17) is 30.8 Å². The van der Waals surface area contributed by atoms with Crippen LogP contribution in [0, 0.1) is 0 Å². The van der Waals surface area contributed by atoms with E-state index in [0.717, 1.165) is 11.1 Å². The van der Waals surface area contributed by atoms with E-state index in [0.29, 0.717) is 0 Å². The summed E-state index contributed by atoms with van der Waals surface area (Å²) in [4.78, 5) is 0. The van der Waals surface area contributed by atoms with Gasteiger partial charge in [0.1, 0.15) is 0 Å². The maximum absolute atomic E-state index is 6.15. The minimum absolute atomic E-state index is 0.163. The Kier molecular flexibility index (Phi) is 19.4. The van der Waals surface area contributed by atoms with E-state index in [9.17, 15) is 0 Å². The summed E-state index contributed by atoms with van der Waals surface area (Å²) in [6.45, 7) is 0. The fourth-order valence-corrected chi connectivity index (χ4v) is 10.7. The van der Waals surface area contributed by atoms with Crippen LogP contribution in [-0.2, 0) is 15.1 Å². The van der Waals surface area contributed by atoms with Gasteiger partial charge in [0, 0.05) is 12.1 Å². The molecule has 8 aromatic carbocycles. The quantitative estimate of drug-likeness (QED) is 0.112. The van der Waals surface area contributed by atoms with Crippen molar-refractivity contribution in [2.45, 2.75) is 12.1 Å². The van der Waals surface area contributed by atoms with Crippen molar-refractivity contribution in [3.05, 3.63) is 254 Å². The van der Waals surface area contributed by atoms with Crippen molar-refractivity contribution in [2.24, 2.45) is 11.5 Å².